The van der Waals surface area contributed by atoms with Crippen LogP contribution in [0.5, 0.6) is 0 Å². The van der Waals surface area contributed by atoms with Crippen LogP contribution in [-0.2, 0) is 45.4 Å². The first-order valence-electron chi connectivity index (χ1n) is 14.5. The second kappa shape index (κ2) is 27.9. The van der Waals surface area contributed by atoms with Crippen molar-refractivity contribution in [2.75, 3.05) is 70.5 Å². The topological polar surface area (TPSA) is 156 Å². The van der Waals surface area contributed by atoms with E-state index < -0.39 is 0 Å². The van der Waals surface area contributed by atoms with E-state index in [1.165, 1.54) is 0 Å². The summed E-state index contributed by atoms with van der Waals surface area (Å²) in [5.74, 6) is 0. The Kier molecular flexibility index (Phi) is 26.3. The number of hydrogen-bond acceptors (Lipinski definition) is 10. The molecule has 0 heterocycles. The highest BCUT2D eigenvalue weighted by atomic mass is 16.5. The van der Waals surface area contributed by atoms with Crippen LogP contribution in [0.2, 0.25) is 0 Å². The van der Waals surface area contributed by atoms with Crippen LogP contribution in [0.4, 0.5) is 11.4 Å². The monoisotopic (exact) mass is 582 g/mol. The number of rotatable bonds is 20. The van der Waals surface area contributed by atoms with Gasteiger partial charge in [-0.05, 0) is 65.8 Å². The summed E-state index contributed by atoms with van der Waals surface area (Å²) < 4.78 is 21.1. The summed E-state index contributed by atoms with van der Waals surface area (Å²) in [6.07, 6.45) is 3.21. The highest BCUT2D eigenvalue weighted by Crippen LogP contribution is 2.15. The lowest BCUT2D eigenvalue weighted by Crippen LogP contribution is -2.13. The zero-order valence-corrected chi connectivity index (χ0v) is 25.3. The first kappa shape index (κ1) is 38.7. The van der Waals surface area contributed by atoms with Crippen LogP contribution in [0.1, 0.15) is 62.3 Å². The normalized spacial score (nSPS) is 10.4. The van der Waals surface area contributed by atoms with Crippen molar-refractivity contribution < 1.29 is 39.4 Å². The molecule has 10 heteroatoms. The molecule has 2 aromatic rings. The van der Waals surface area contributed by atoms with Crippen molar-refractivity contribution in [2.24, 2.45) is 0 Å². The van der Waals surface area contributed by atoms with Crippen LogP contribution in [0, 0.1) is 0 Å². The van der Waals surface area contributed by atoms with E-state index in [4.69, 9.17) is 45.1 Å². The average Bonchev–Trinajstić information content (AvgIpc) is 3.00. The van der Waals surface area contributed by atoms with Gasteiger partial charge < -0.3 is 50.4 Å². The molecule has 0 fully saturated rings. The zero-order chi connectivity index (χ0) is 30.6. The maximum absolute atomic E-state index is 9.15. The van der Waals surface area contributed by atoms with Gasteiger partial charge in [-0.2, -0.15) is 0 Å². The molecular formula is C31H54N2O8. The van der Waals surface area contributed by atoms with Gasteiger partial charge in [0.05, 0.1) is 59.5 Å². The summed E-state index contributed by atoms with van der Waals surface area (Å²) in [4.78, 5) is 0. The molecule has 0 amide bonds. The number of hydrogen-bond donors (Lipinski definition) is 6. The van der Waals surface area contributed by atoms with Crippen LogP contribution >= 0.6 is 0 Å². The summed E-state index contributed by atoms with van der Waals surface area (Å²) in [5.41, 5.74) is 9.97. The van der Waals surface area contributed by atoms with Crippen molar-refractivity contribution in [1.82, 2.24) is 0 Å². The minimum absolute atomic E-state index is 0.0339. The standard InChI is InChI=1S/C15H25NO4.C8H11NO2.C8H18O2/c1-2-4-19-6-7-20-5-3-16-15-9-13(11-17)8-14(10-15)12-18;9-8-2-6(4-10)1-7(3-8)5-11;1-3-5-9-7-8-10-6-4-2/h8-10,16-18H,2-7,11-12H2,1H3;1-3,10-11H,4-5,9H2;3-8H2,1-2H3. The predicted molar refractivity (Wildman–Crippen MR) is 164 cm³/mol. The molecule has 0 bridgehead atoms. The van der Waals surface area contributed by atoms with E-state index in [0.717, 1.165) is 80.2 Å². The number of nitrogens with two attached hydrogens (primary N) is 1. The Labute approximate surface area is 246 Å². The molecule has 2 rings (SSSR count). The first-order chi connectivity index (χ1) is 20.0. The van der Waals surface area contributed by atoms with E-state index in [-0.39, 0.29) is 26.4 Å². The molecule has 7 N–H and O–H groups in total. The fraction of sp³-hybridized carbons (Fsp3) is 0.613. The van der Waals surface area contributed by atoms with E-state index in [9.17, 15) is 0 Å². The van der Waals surface area contributed by atoms with Gasteiger partial charge in [0.2, 0.25) is 0 Å². The number of aliphatic hydroxyl groups excluding tert-OH is 4. The Balaban J connectivity index is 0.000000644. The fourth-order valence-electron chi connectivity index (χ4n) is 3.37. The van der Waals surface area contributed by atoms with Gasteiger partial charge in [-0.3, -0.25) is 0 Å². The number of benzene rings is 2. The minimum Gasteiger partial charge on any atom is -0.399 e. The predicted octanol–water partition coefficient (Wildman–Crippen LogP) is 3.62. The van der Waals surface area contributed by atoms with Crippen LogP contribution < -0.4 is 11.1 Å². The van der Waals surface area contributed by atoms with Gasteiger partial charge in [0, 0.05) is 37.7 Å². The Bertz CT molecular complexity index is 818. The summed E-state index contributed by atoms with van der Waals surface area (Å²) >= 11 is 0. The van der Waals surface area contributed by atoms with Gasteiger partial charge >= 0.3 is 0 Å². The van der Waals surface area contributed by atoms with Crippen molar-refractivity contribution in [1.29, 1.82) is 0 Å². The molecule has 2 aromatic carbocycles. The quantitative estimate of drug-likeness (QED) is 0.101. The van der Waals surface area contributed by atoms with E-state index in [2.05, 4.69) is 26.1 Å². The van der Waals surface area contributed by atoms with Gasteiger partial charge in [0.25, 0.3) is 0 Å². The second-order valence-corrected chi connectivity index (χ2v) is 9.13. The number of aliphatic hydroxyl groups is 4. The van der Waals surface area contributed by atoms with E-state index in [0.29, 0.717) is 32.1 Å². The molecule has 236 valence electrons. The largest absolute Gasteiger partial charge is 0.399 e. The van der Waals surface area contributed by atoms with Crippen molar-refractivity contribution in [3.05, 3.63) is 58.7 Å². The Morgan fingerprint density at radius 2 is 0.854 bits per heavy atom. The molecule has 0 unspecified atom stereocenters. The number of nitrogens with one attached hydrogen (secondary N) is 1. The van der Waals surface area contributed by atoms with E-state index in [1.54, 1.807) is 24.3 Å². The second-order valence-electron chi connectivity index (χ2n) is 9.13. The van der Waals surface area contributed by atoms with Gasteiger partial charge in [-0.25, -0.2) is 0 Å². The van der Waals surface area contributed by atoms with Gasteiger partial charge in [0.1, 0.15) is 0 Å². The van der Waals surface area contributed by atoms with Gasteiger partial charge in [-0.15, -0.1) is 0 Å². The first-order valence-corrected chi connectivity index (χ1v) is 14.5. The van der Waals surface area contributed by atoms with E-state index in [1.807, 2.05) is 12.1 Å². The Morgan fingerprint density at radius 1 is 0.512 bits per heavy atom. The van der Waals surface area contributed by atoms with Gasteiger partial charge in [-0.1, -0.05) is 32.9 Å². The molecule has 0 aliphatic heterocycles. The van der Waals surface area contributed by atoms with Crippen LogP contribution in [0.3, 0.4) is 0 Å². The van der Waals surface area contributed by atoms with Crippen molar-refractivity contribution in [3.63, 3.8) is 0 Å². The molecule has 0 radical (unpaired) electrons. The van der Waals surface area contributed by atoms with Crippen LogP contribution in [0.25, 0.3) is 0 Å². The lowest BCUT2D eigenvalue weighted by Gasteiger charge is -2.10. The summed E-state index contributed by atoms with van der Waals surface area (Å²) in [7, 11) is 0. The molecular weight excluding hydrogens is 528 g/mol. The summed E-state index contributed by atoms with van der Waals surface area (Å²) in [5, 5.41) is 39.0. The zero-order valence-electron chi connectivity index (χ0n) is 25.3. The molecule has 41 heavy (non-hydrogen) atoms. The Morgan fingerprint density at radius 3 is 1.20 bits per heavy atom. The molecule has 0 aliphatic rings. The lowest BCUT2D eigenvalue weighted by molar-refractivity contribution is 0.0483. The number of anilines is 2. The molecule has 0 saturated carbocycles. The third-order valence-corrected chi connectivity index (χ3v) is 5.22. The molecule has 10 nitrogen and oxygen atoms in total. The smallest absolute Gasteiger partial charge is 0.0701 e. The highest BCUT2D eigenvalue weighted by Gasteiger charge is 2.00. The van der Waals surface area contributed by atoms with Gasteiger partial charge in [0.15, 0.2) is 0 Å². The number of nitrogen functional groups attached to an aromatic ring is 1. The molecule has 0 atom stereocenters. The maximum atomic E-state index is 9.15. The highest BCUT2D eigenvalue weighted by molar-refractivity contribution is 5.48. The maximum Gasteiger partial charge on any atom is 0.0701 e. The molecule has 0 aromatic heterocycles. The average molecular weight is 583 g/mol. The fourth-order valence-corrected chi connectivity index (χ4v) is 3.37. The Hall–Kier alpha value is -2.28. The van der Waals surface area contributed by atoms with Crippen LogP contribution in [0.15, 0.2) is 36.4 Å². The number of ether oxygens (including phenoxy) is 4. The molecule has 0 aliphatic carbocycles. The molecule has 0 saturated heterocycles. The SMILES string of the molecule is CCCOCCOCCC.CCCOCCOCCNc1cc(CO)cc(CO)c1.Nc1cc(CO)cc(CO)c1. The molecule has 0 spiro atoms. The van der Waals surface area contributed by atoms with E-state index >= 15 is 0 Å². The van der Waals surface area contributed by atoms with Crippen LogP contribution in [-0.4, -0.2) is 79.8 Å². The van der Waals surface area contributed by atoms with Crippen molar-refractivity contribution in [2.45, 2.75) is 66.5 Å². The lowest BCUT2D eigenvalue weighted by atomic mass is 10.1. The minimum atomic E-state index is -0.0436. The summed E-state index contributed by atoms with van der Waals surface area (Å²) in [6, 6.07) is 10.6. The van der Waals surface area contributed by atoms with Crippen molar-refractivity contribution >= 4 is 11.4 Å². The third kappa shape index (κ3) is 22.0. The summed E-state index contributed by atoms with van der Waals surface area (Å²) in [6.45, 7) is 12.6. The van der Waals surface area contributed by atoms with Crippen molar-refractivity contribution in [3.8, 4) is 0 Å². The third-order valence-electron chi connectivity index (χ3n) is 5.22.